The molecule has 1 saturated heterocycles. The van der Waals surface area contributed by atoms with Crippen LogP contribution in [0.1, 0.15) is 84.5 Å². The third-order valence-electron chi connectivity index (χ3n) is 6.47. The van der Waals surface area contributed by atoms with Gasteiger partial charge < -0.3 is 10.6 Å². The Morgan fingerprint density at radius 3 is 2.29 bits per heavy atom. The second-order valence-corrected chi connectivity index (χ2v) is 8.72. The molecule has 3 atom stereocenters. The summed E-state index contributed by atoms with van der Waals surface area (Å²) in [6.45, 7) is 6.14. The largest absolute Gasteiger partial charge is 0.314 e. The molecule has 3 fully saturated rings. The first-order valence-electron chi connectivity index (χ1n) is 9.63. The zero-order valence-corrected chi connectivity index (χ0v) is 14.3. The van der Waals surface area contributed by atoms with E-state index in [-0.39, 0.29) is 0 Å². The van der Waals surface area contributed by atoms with Crippen molar-refractivity contribution in [2.75, 3.05) is 6.54 Å². The minimum absolute atomic E-state index is 0.592. The van der Waals surface area contributed by atoms with Crippen LogP contribution < -0.4 is 10.6 Å². The van der Waals surface area contributed by atoms with Gasteiger partial charge in [0.2, 0.25) is 0 Å². The zero-order chi connectivity index (χ0) is 14.7. The van der Waals surface area contributed by atoms with Gasteiger partial charge in [-0.2, -0.15) is 0 Å². The molecule has 3 aliphatic rings. The highest BCUT2D eigenvalue weighted by molar-refractivity contribution is 4.93. The van der Waals surface area contributed by atoms with Crippen molar-refractivity contribution in [1.29, 1.82) is 0 Å². The SMILES string of the molecule is CC1(C)CCC(NC2CCCCC2C2CCCCN2)CC1. The van der Waals surface area contributed by atoms with E-state index in [1.54, 1.807) is 0 Å². The molecular weight excluding hydrogens is 256 g/mol. The van der Waals surface area contributed by atoms with Gasteiger partial charge in [0.1, 0.15) is 0 Å². The van der Waals surface area contributed by atoms with Gasteiger partial charge >= 0.3 is 0 Å². The Kier molecular flexibility index (Phi) is 5.27. The Hall–Kier alpha value is -0.0800. The van der Waals surface area contributed by atoms with Crippen LogP contribution in [-0.2, 0) is 0 Å². The lowest BCUT2D eigenvalue weighted by molar-refractivity contribution is 0.142. The average Bonchev–Trinajstić information content (AvgIpc) is 2.51. The van der Waals surface area contributed by atoms with Crippen LogP contribution in [0.15, 0.2) is 0 Å². The van der Waals surface area contributed by atoms with Crippen molar-refractivity contribution in [3.63, 3.8) is 0 Å². The molecule has 0 radical (unpaired) electrons. The van der Waals surface area contributed by atoms with E-state index in [0.717, 1.165) is 24.0 Å². The molecule has 2 heteroatoms. The van der Waals surface area contributed by atoms with E-state index in [9.17, 15) is 0 Å². The summed E-state index contributed by atoms with van der Waals surface area (Å²) in [6.07, 6.45) is 15.6. The van der Waals surface area contributed by atoms with Crippen LogP contribution in [0.4, 0.5) is 0 Å². The Morgan fingerprint density at radius 1 is 0.857 bits per heavy atom. The molecule has 0 amide bonds. The van der Waals surface area contributed by atoms with Gasteiger partial charge in [0.25, 0.3) is 0 Å². The molecule has 0 aromatic rings. The van der Waals surface area contributed by atoms with Crippen LogP contribution in [-0.4, -0.2) is 24.7 Å². The van der Waals surface area contributed by atoms with Crippen LogP contribution in [0, 0.1) is 11.3 Å². The molecule has 21 heavy (non-hydrogen) atoms. The highest BCUT2D eigenvalue weighted by Gasteiger charge is 2.35. The highest BCUT2D eigenvalue weighted by Crippen LogP contribution is 2.37. The van der Waals surface area contributed by atoms with Gasteiger partial charge in [-0.3, -0.25) is 0 Å². The van der Waals surface area contributed by atoms with Crippen molar-refractivity contribution in [2.45, 2.75) is 103 Å². The van der Waals surface area contributed by atoms with Gasteiger partial charge in [0.05, 0.1) is 0 Å². The van der Waals surface area contributed by atoms with Crippen LogP contribution in [0.25, 0.3) is 0 Å². The van der Waals surface area contributed by atoms with Gasteiger partial charge in [-0.15, -0.1) is 0 Å². The van der Waals surface area contributed by atoms with E-state index in [0.29, 0.717) is 5.41 Å². The topological polar surface area (TPSA) is 24.1 Å². The first-order valence-corrected chi connectivity index (χ1v) is 9.63. The van der Waals surface area contributed by atoms with E-state index in [1.165, 1.54) is 77.2 Å². The fourth-order valence-corrected chi connectivity index (χ4v) is 4.96. The molecule has 1 heterocycles. The lowest BCUT2D eigenvalue weighted by Crippen LogP contribution is -2.53. The van der Waals surface area contributed by atoms with Gasteiger partial charge in [0, 0.05) is 18.1 Å². The second-order valence-electron chi connectivity index (χ2n) is 8.72. The predicted molar refractivity (Wildman–Crippen MR) is 90.6 cm³/mol. The normalized spacial score (nSPS) is 38.3. The molecule has 1 aliphatic heterocycles. The van der Waals surface area contributed by atoms with Crippen molar-refractivity contribution in [3.8, 4) is 0 Å². The van der Waals surface area contributed by atoms with E-state index in [4.69, 9.17) is 0 Å². The maximum atomic E-state index is 4.10. The molecule has 0 bridgehead atoms. The van der Waals surface area contributed by atoms with Crippen molar-refractivity contribution >= 4 is 0 Å². The predicted octanol–water partition coefficient (Wildman–Crippen LogP) is 4.25. The molecule has 3 unspecified atom stereocenters. The standard InChI is InChI=1S/C19H36N2/c1-19(2)12-10-15(11-13-19)21-18-9-4-3-7-16(18)17-8-5-6-14-20-17/h15-18,20-21H,3-14H2,1-2H3. The smallest absolute Gasteiger partial charge is 0.0113 e. The Labute approximate surface area is 131 Å². The number of hydrogen-bond donors (Lipinski definition) is 2. The van der Waals surface area contributed by atoms with Crippen molar-refractivity contribution < 1.29 is 0 Å². The number of piperidine rings is 1. The van der Waals surface area contributed by atoms with E-state index < -0.39 is 0 Å². The maximum absolute atomic E-state index is 4.10. The van der Waals surface area contributed by atoms with E-state index in [2.05, 4.69) is 24.5 Å². The van der Waals surface area contributed by atoms with E-state index in [1.807, 2.05) is 0 Å². The minimum Gasteiger partial charge on any atom is -0.314 e. The minimum atomic E-state index is 0.592. The second kappa shape index (κ2) is 7.00. The molecule has 122 valence electrons. The summed E-state index contributed by atoms with van der Waals surface area (Å²) in [5, 5.41) is 7.93. The fraction of sp³-hybridized carbons (Fsp3) is 1.00. The lowest BCUT2D eigenvalue weighted by Gasteiger charge is -2.43. The van der Waals surface area contributed by atoms with Crippen LogP contribution in [0.3, 0.4) is 0 Å². The lowest BCUT2D eigenvalue weighted by atomic mass is 9.73. The fourth-order valence-electron chi connectivity index (χ4n) is 4.96. The third kappa shape index (κ3) is 4.22. The average molecular weight is 293 g/mol. The molecule has 0 aromatic carbocycles. The summed E-state index contributed by atoms with van der Waals surface area (Å²) >= 11 is 0. The van der Waals surface area contributed by atoms with Crippen molar-refractivity contribution in [3.05, 3.63) is 0 Å². The molecular formula is C19H36N2. The number of rotatable bonds is 3. The zero-order valence-electron chi connectivity index (χ0n) is 14.3. The monoisotopic (exact) mass is 292 g/mol. The summed E-state index contributed by atoms with van der Waals surface area (Å²) in [5.41, 5.74) is 0.592. The quantitative estimate of drug-likeness (QED) is 0.813. The van der Waals surface area contributed by atoms with Crippen LogP contribution in [0.2, 0.25) is 0 Å². The highest BCUT2D eigenvalue weighted by atomic mass is 15.0. The number of hydrogen-bond acceptors (Lipinski definition) is 2. The summed E-state index contributed by atoms with van der Waals surface area (Å²) < 4.78 is 0. The Balaban J connectivity index is 1.54. The molecule has 2 N–H and O–H groups in total. The maximum Gasteiger partial charge on any atom is 0.0113 e. The Bertz CT molecular complexity index is 310. The summed E-state index contributed by atoms with van der Waals surface area (Å²) in [6, 6.07) is 2.39. The first kappa shape index (κ1) is 15.8. The van der Waals surface area contributed by atoms with Crippen LogP contribution in [0.5, 0.6) is 0 Å². The third-order valence-corrected chi connectivity index (χ3v) is 6.47. The molecule has 2 aliphatic carbocycles. The van der Waals surface area contributed by atoms with Crippen LogP contribution >= 0.6 is 0 Å². The van der Waals surface area contributed by atoms with Gasteiger partial charge in [0.15, 0.2) is 0 Å². The molecule has 3 rings (SSSR count). The number of nitrogens with one attached hydrogen (secondary N) is 2. The Morgan fingerprint density at radius 2 is 1.57 bits per heavy atom. The van der Waals surface area contributed by atoms with Gasteiger partial charge in [-0.25, -0.2) is 0 Å². The van der Waals surface area contributed by atoms with Gasteiger partial charge in [-0.05, 0) is 69.2 Å². The summed E-state index contributed by atoms with van der Waals surface area (Å²) in [4.78, 5) is 0. The summed E-state index contributed by atoms with van der Waals surface area (Å²) in [5.74, 6) is 0.897. The molecule has 2 nitrogen and oxygen atoms in total. The molecule has 0 spiro atoms. The van der Waals surface area contributed by atoms with Crippen molar-refractivity contribution in [2.24, 2.45) is 11.3 Å². The van der Waals surface area contributed by atoms with Crippen molar-refractivity contribution in [1.82, 2.24) is 10.6 Å². The first-order chi connectivity index (χ1) is 10.1. The molecule has 2 saturated carbocycles. The van der Waals surface area contributed by atoms with E-state index >= 15 is 0 Å². The summed E-state index contributed by atoms with van der Waals surface area (Å²) in [7, 11) is 0. The molecule has 0 aromatic heterocycles. The van der Waals surface area contributed by atoms with Gasteiger partial charge in [-0.1, -0.05) is 33.1 Å².